The van der Waals surface area contributed by atoms with Crippen molar-refractivity contribution in [3.8, 4) is 11.5 Å². The largest absolute Gasteiger partial charge is 0.460 e. The summed E-state index contributed by atoms with van der Waals surface area (Å²) in [4.78, 5) is 21.0. The number of alkyl halides is 3. The molecule has 1 aliphatic carbocycles. The van der Waals surface area contributed by atoms with Crippen LogP contribution in [0.2, 0.25) is 25.7 Å². The van der Waals surface area contributed by atoms with Crippen LogP contribution in [0.15, 0.2) is 35.6 Å². The van der Waals surface area contributed by atoms with E-state index in [1.165, 1.54) is 22.5 Å². The summed E-state index contributed by atoms with van der Waals surface area (Å²) in [5, 5.41) is 0.240. The van der Waals surface area contributed by atoms with E-state index in [4.69, 9.17) is 19.2 Å². The third-order valence-electron chi connectivity index (χ3n) is 7.94. The lowest BCUT2D eigenvalue weighted by Gasteiger charge is -2.20. The Kier molecular flexibility index (Phi) is 11.7. The third kappa shape index (κ3) is 10.5. The van der Waals surface area contributed by atoms with Gasteiger partial charge in [-0.3, -0.25) is 9.79 Å². The number of aliphatic imine (C=N–C) groups is 1. The van der Waals surface area contributed by atoms with Crippen LogP contribution < -0.4 is 4.74 Å². The number of fused-ring (bicyclic) bond motifs is 1. The summed E-state index contributed by atoms with van der Waals surface area (Å²) in [6.45, 7) is 12.7. The van der Waals surface area contributed by atoms with Crippen LogP contribution in [-0.4, -0.2) is 53.6 Å². The molecule has 1 aliphatic rings. The van der Waals surface area contributed by atoms with E-state index >= 15 is 8.78 Å². The Morgan fingerprint density at radius 1 is 1.12 bits per heavy atom. The Morgan fingerprint density at radius 3 is 2.35 bits per heavy atom. The molecule has 2 aromatic heterocycles. The van der Waals surface area contributed by atoms with Crippen LogP contribution in [0.4, 0.5) is 22.0 Å². The molecule has 2 heterocycles. The molecule has 1 saturated carbocycles. The number of nitrogens with zero attached hydrogens (tertiary/aromatic N) is 3. The van der Waals surface area contributed by atoms with Crippen molar-refractivity contribution in [2.75, 3.05) is 19.4 Å². The number of halogens is 5. The fourth-order valence-electron chi connectivity index (χ4n) is 5.09. The van der Waals surface area contributed by atoms with E-state index in [1.807, 2.05) is 27.0 Å². The standard InChI is InChI=1S/C34H44F5N3O4SSi/c1-32(2,3)46-28(43)8-10-33(11-12-33)20-41-27(47-4)18-22-16-24(35)30(25(36)17-22)45-26-9-13-40-31-29(26)23(34(37,38)39)19-42(31)21-44-14-15-48(5,6)7/h9,13,16-17,19H,8,10-12,14-15,18,20-21H2,1-7H3. The minimum atomic E-state index is -4.79. The zero-order valence-electron chi connectivity index (χ0n) is 28.5. The summed E-state index contributed by atoms with van der Waals surface area (Å²) in [6, 6.07) is 4.17. The maximum atomic E-state index is 15.4. The first kappa shape index (κ1) is 37.8. The Labute approximate surface area is 283 Å². The first-order chi connectivity index (χ1) is 22.3. The lowest BCUT2D eigenvalue weighted by molar-refractivity contribution is -0.155. The minimum Gasteiger partial charge on any atom is -0.460 e. The fraction of sp³-hybridized carbons (Fsp3) is 0.559. The Bertz CT molecular complexity index is 1620. The lowest BCUT2D eigenvalue weighted by Crippen LogP contribution is -2.24. The number of esters is 1. The maximum absolute atomic E-state index is 15.4. The van der Waals surface area contributed by atoms with Crippen molar-refractivity contribution < 1.29 is 41.0 Å². The SMILES string of the molecule is CSC(Cc1cc(F)c(Oc2ccnc3c2c(C(F)(F)F)cn3COCC[Si](C)(C)C)c(F)c1)=NCC1(CCC(=O)OC(C)(C)C)CC1. The minimum absolute atomic E-state index is 0.0781. The number of aromatic nitrogens is 2. The van der Waals surface area contributed by atoms with Crippen molar-refractivity contribution >= 4 is 41.9 Å². The van der Waals surface area contributed by atoms with E-state index in [1.54, 1.807) is 0 Å². The highest BCUT2D eigenvalue weighted by Gasteiger charge is 2.42. The van der Waals surface area contributed by atoms with Crippen LogP contribution in [0.5, 0.6) is 11.5 Å². The number of pyridine rings is 1. The number of carbonyl (C=O) groups excluding carboxylic acids is 1. The van der Waals surface area contributed by atoms with Gasteiger partial charge in [0.2, 0.25) is 0 Å². The van der Waals surface area contributed by atoms with Gasteiger partial charge in [-0.2, -0.15) is 13.2 Å². The van der Waals surface area contributed by atoms with E-state index < -0.39 is 48.2 Å². The van der Waals surface area contributed by atoms with Crippen molar-refractivity contribution in [3.63, 3.8) is 0 Å². The molecule has 4 rings (SSSR count). The van der Waals surface area contributed by atoms with E-state index in [2.05, 4.69) is 24.6 Å². The van der Waals surface area contributed by atoms with Crippen LogP contribution in [0.1, 0.15) is 57.6 Å². The highest BCUT2D eigenvalue weighted by molar-refractivity contribution is 8.13. The zero-order valence-corrected chi connectivity index (χ0v) is 30.3. The molecule has 7 nitrogen and oxygen atoms in total. The highest BCUT2D eigenvalue weighted by atomic mass is 32.2. The van der Waals surface area contributed by atoms with Crippen LogP contribution >= 0.6 is 11.8 Å². The quantitative estimate of drug-likeness (QED) is 0.0414. The number of benzene rings is 1. The van der Waals surface area contributed by atoms with Gasteiger partial charge in [0.25, 0.3) is 0 Å². The molecule has 264 valence electrons. The van der Waals surface area contributed by atoms with Crippen LogP contribution in [0.3, 0.4) is 0 Å². The monoisotopic (exact) mass is 713 g/mol. The number of hydrogen-bond donors (Lipinski definition) is 0. The van der Waals surface area contributed by atoms with Crippen LogP contribution in [0.25, 0.3) is 11.0 Å². The average Bonchev–Trinajstić information content (AvgIpc) is 3.63. The van der Waals surface area contributed by atoms with E-state index in [0.717, 1.165) is 43.3 Å². The molecule has 0 aliphatic heterocycles. The molecule has 0 saturated heterocycles. The first-order valence-corrected chi connectivity index (χ1v) is 20.8. The summed E-state index contributed by atoms with van der Waals surface area (Å²) in [6.07, 6.45) is 2.10. The number of thioether (sulfide) groups is 1. The Hall–Kier alpha value is -2.97. The van der Waals surface area contributed by atoms with Crippen molar-refractivity contribution in [2.24, 2.45) is 10.4 Å². The summed E-state index contributed by atoms with van der Waals surface area (Å²) in [5.41, 5.74) is -1.47. The van der Waals surface area contributed by atoms with Gasteiger partial charge in [-0.1, -0.05) is 19.6 Å². The van der Waals surface area contributed by atoms with Crippen molar-refractivity contribution in [1.29, 1.82) is 0 Å². The van der Waals surface area contributed by atoms with Gasteiger partial charge in [0, 0.05) is 46.5 Å². The highest BCUT2D eigenvalue weighted by Crippen LogP contribution is 2.50. The second-order valence-corrected chi connectivity index (χ2v) is 21.0. The van der Waals surface area contributed by atoms with Gasteiger partial charge in [0.1, 0.15) is 23.7 Å². The first-order valence-electron chi connectivity index (χ1n) is 15.9. The molecule has 0 N–H and O–H groups in total. The van der Waals surface area contributed by atoms with E-state index in [-0.39, 0.29) is 35.9 Å². The zero-order chi connectivity index (χ0) is 35.5. The van der Waals surface area contributed by atoms with Gasteiger partial charge < -0.3 is 18.8 Å². The van der Waals surface area contributed by atoms with Crippen molar-refractivity contribution in [2.45, 2.75) is 97.1 Å². The molecule has 3 aromatic rings. The predicted molar refractivity (Wildman–Crippen MR) is 182 cm³/mol. The van der Waals surface area contributed by atoms with Crippen LogP contribution in [0, 0.1) is 17.0 Å². The van der Waals surface area contributed by atoms with Gasteiger partial charge in [-0.05, 0) is 81.5 Å². The Morgan fingerprint density at radius 2 is 1.79 bits per heavy atom. The molecule has 1 aromatic carbocycles. The molecule has 0 amide bonds. The third-order valence-corrected chi connectivity index (χ3v) is 10.4. The molecule has 0 radical (unpaired) electrons. The van der Waals surface area contributed by atoms with Gasteiger partial charge >= 0.3 is 12.1 Å². The molecular weight excluding hydrogens is 670 g/mol. The second kappa shape index (κ2) is 14.9. The molecule has 14 heteroatoms. The lowest BCUT2D eigenvalue weighted by atomic mass is 10.0. The molecule has 1 fully saturated rings. The van der Waals surface area contributed by atoms with E-state index in [9.17, 15) is 18.0 Å². The Balaban J connectivity index is 1.50. The molecular formula is C34H44F5N3O4SSi. The maximum Gasteiger partial charge on any atom is 0.418 e. The van der Waals surface area contributed by atoms with Gasteiger partial charge in [0.05, 0.1) is 16.0 Å². The van der Waals surface area contributed by atoms with E-state index in [0.29, 0.717) is 36.6 Å². The van der Waals surface area contributed by atoms with Gasteiger partial charge in [0.15, 0.2) is 17.4 Å². The van der Waals surface area contributed by atoms with Crippen molar-refractivity contribution in [1.82, 2.24) is 9.55 Å². The van der Waals surface area contributed by atoms with Gasteiger partial charge in [-0.25, -0.2) is 13.8 Å². The number of ether oxygens (including phenoxy) is 3. The predicted octanol–water partition coefficient (Wildman–Crippen LogP) is 9.64. The average molecular weight is 714 g/mol. The number of rotatable bonds is 14. The molecule has 48 heavy (non-hydrogen) atoms. The summed E-state index contributed by atoms with van der Waals surface area (Å²) < 4.78 is 90.9. The second-order valence-electron chi connectivity index (χ2n) is 14.5. The van der Waals surface area contributed by atoms with Crippen molar-refractivity contribution in [3.05, 3.63) is 53.4 Å². The number of carbonyl (C=O) groups is 1. The number of hydrogen-bond acceptors (Lipinski definition) is 7. The summed E-state index contributed by atoms with van der Waals surface area (Å²) in [7, 11) is -1.42. The smallest absolute Gasteiger partial charge is 0.418 e. The summed E-state index contributed by atoms with van der Waals surface area (Å²) in [5.74, 6) is -3.58. The van der Waals surface area contributed by atoms with Crippen LogP contribution in [-0.2, 0) is 33.6 Å². The molecule has 0 unspecified atom stereocenters. The molecule has 0 bridgehead atoms. The van der Waals surface area contributed by atoms with Gasteiger partial charge in [-0.15, -0.1) is 11.8 Å². The normalized spacial score (nSPS) is 15.2. The topological polar surface area (TPSA) is 74.9 Å². The molecule has 0 spiro atoms. The molecule has 0 atom stereocenters. The fourth-order valence-corrected chi connectivity index (χ4v) is 6.36. The summed E-state index contributed by atoms with van der Waals surface area (Å²) >= 11 is 1.36.